The van der Waals surface area contributed by atoms with Crippen molar-refractivity contribution in [1.82, 2.24) is 10.6 Å². The van der Waals surface area contributed by atoms with Gasteiger partial charge in [-0.05, 0) is 60.2 Å². The molecule has 0 saturated carbocycles. The first-order valence-corrected chi connectivity index (χ1v) is 6.98. The fraction of sp³-hybridized carbons (Fsp3) is 0.462. The maximum absolute atomic E-state index is 11.9. The fourth-order valence-electron chi connectivity index (χ4n) is 1.51. The quantitative estimate of drug-likeness (QED) is 0.587. The predicted octanol–water partition coefficient (Wildman–Crippen LogP) is 2.75. The summed E-state index contributed by atoms with van der Waals surface area (Å²) < 4.78 is 1.12. The van der Waals surface area contributed by atoms with Gasteiger partial charge in [-0.25, -0.2) is 0 Å². The second kappa shape index (κ2) is 9.58. The van der Waals surface area contributed by atoms with E-state index in [9.17, 15) is 4.79 Å². The van der Waals surface area contributed by atoms with E-state index < -0.39 is 0 Å². The van der Waals surface area contributed by atoms with Gasteiger partial charge in [-0.1, -0.05) is 13.0 Å². The molecule has 0 atom stereocenters. The Morgan fingerprint density at radius 3 is 2.67 bits per heavy atom. The van der Waals surface area contributed by atoms with Crippen molar-refractivity contribution in [3.05, 3.63) is 32.9 Å². The van der Waals surface area contributed by atoms with E-state index in [-0.39, 0.29) is 18.3 Å². The summed E-state index contributed by atoms with van der Waals surface area (Å²) in [4.78, 5) is 11.9. The minimum absolute atomic E-state index is 0. The van der Waals surface area contributed by atoms with Crippen molar-refractivity contribution in [3.8, 4) is 0 Å². The fourth-order valence-corrected chi connectivity index (χ4v) is 2.01. The molecule has 1 aromatic carbocycles. The van der Waals surface area contributed by atoms with Crippen LogP contribution in [0.25, 0.3) is 0 Å². The third kappa shape index (κ3) is 5.54. The lowest BCUT2D eigenvalue weighted by Crippen LogP contribution is -2.32. The summed E-state index contributed by atoms with van der Waals surface area (Å²) in [6.45, 7) is 6.59. The van der Waals surface area contributed by atoms with E-state index >= 15 is 0 Å². The van der Waals surface area contributed by atoms with Crippen molar-refractivity contribution in [2.45, 2.75) is 20.3 Å². The topological polar surface area (TPSA) is 41.1 Å². The first-order valence-electron chi connectivity index (χ1n) is 5.90. The van der Waals surface area contributed by atoms with Gasteiger partial charge >= 0.3 is 0 Å². The summed E-state index contributed by atoms with van der Waals surface area (Å²) in [6.07, 6.45) is 1.12. The van der Waals surface area contributed by atoms with Gasteiger partial charge in [0, 0.05) is 22.2 Å². The van der Waals surface area contributed by atoms with Crippen LogP contribution in [0.15, 0.2) is 18.2 Å². The SMILES string of the molecule is CCCNCCNC(=O)c1cccc(I)c1C.Cl. The Labute approximate surface area is 129 Å². The second-order valence-electron chi connectivity index (χ2n) is 3.92. The van der Waals surface area contributed by atoms with Crippen molar-refractivity contribution in [2.24, 2.45) is 0 Å². The molecule has 0 spiro atoms. The molecule has 5 heteroatoms. The number of carbonyl (C=O) groups excluding carboxylic acids is 1. The highest BCUT2D eigenvalue weighted by Crippen LogP contribution is 2.15. The van der Waals surface area contributed by atoms with Crippen LogP contribution in [-0.4, -0.2) is 25.5 Å². The van der Waals surface area contributed by atoms with Gasteiger partial charge in [0.25, 0.3) is 5.91 Å². The standard InChI is InChI=1S/C13H19IN2O.ClH/c1-3-7-15-8-9-16-13(17)11-5-4-6-12(14)10(11)2;/h4-6,15H,3,7-9H2,1-2H3,(H,16,17);1H. The molecule has 0 bridgehead atoms. The lowest BCUT2D eigenvalue weighted by Gasteiger charge is -2.09. The van der Waals surface area contributed by atoms with Gasteiger partial charge in [0.05, 0.1) is 0 Å². The predicted molar refractivity (Wildman–Crippen MR) is 86.6 cm³/mol. The molecule has 0 unspecified atom stereocenters. The Kier molecular flexibility index (Phi) is 9.40. The van der Waals surface area contributed by atoms with Crippen LogP contribution in [-0.2, 0) is 0 Å². The summed E-state index contributed by atoms with van der Waals surface area (Å²) in [5.74, 6) is 0.0133. The van der Waals surface area contributed by atoms with Crippen molar-refractivity contribution in [1.29, 1.82) is 0 Å². The van der Waals surface area contributed by atoms with Gasteiger partial charge < -0.3 is 10.6 Å². The summed E-state index contributed by atoms with van der Waals surface area (Å²) in [7, 11) is 0. The van der Waals surface area contributed by atoms with Crippen LogP contribution in [0.1, 0.15) is 29.3 Å². The first-order chi connectivity index (χ1) is 8.16. The van der Waals surface area contributed by atoms with Crippen LogP contribution in [0, 0.1) is 10.5 Å². The number of benzene rings is 1. The molecule has 0 aliphatic rings. The van der Waals surface area contributed by atoms with E-state index in [1.807, 2.05) is 25.1 Å². The molecule has 0 aliphatic carbocycles. The highest BCUT2D eigenvalue weighted by Gasteiger charge is 2.09. The molecule has 2 N–H and O–H groups in total. The number of nitrogens with one attached hydrogen (secondary N) is 2. The summed E-state index contributed by atoms with van der Waals surface area (Å²) >= 11 is 2.25. The summed E-state index contributed by atoms with van der Waals surface area (Å²) in [6, 6.07) is 5.79. The number of hydrogen-bond acceptors (Lipinski definition) is 2. The molecule has 1 rings (SSSR count). The molecule has 3 nitrogen and oxygen atoms in total. The van der Waals surface area contributed by atoms with Crippen LogP contribution in [0.3, 0.4) is 0 Å². The zero-order chi connectivity index (χ0) is 12.7. The molecule has 0 heterocycles. The molecule has 0 aromatic heterocycles. The smallest absolute Gasteiger partial charge is 0.251 e. The molecule has 0 radical (unpaired) electrons. The number of carbonyl (C=O) groups is 1. The van der Waals surface area contributed by atoms with Gasteiger partial charge in [0.2, 0.25) is 0 Å². The van der Waals surface area contributed by atoms with E-state index in [0.717, 1.165) is 34.2 Å². The largest absolute Gasteiger partial charge is 0.351 e. The maximum Gasteiger partial charge on any atom is 0.251 e. The average molecular weight is 383 g/mol. The molecule has 0 aliphatic heterocycles. The highest BCUT2D eigenvalue weighted by atomic mass is 127. The van der Waals surface area contributed by atoms with Crippen LogP contribution in [0.2, 0.25) is 0 Å². The zero-order valence-electron chi connectivity index (χ0n) is 10.8. The Balaban J connectivity index is 0.00000289. The maximum atomic E-state index is 11.9. The van der Waals surface area contributed by atoms with Crippen LogP contribution in [0.4, 0.5) is 0 Å². The molecule has 0 saturated heterocycles. The van der Waals surface area contributed by atoms with E-state index in [1.165, 1.54) is 0 Å². The van der Waals surface area contributed by atoms with Crippen molar-refractivity contribution >= 4 is 40.9 Å². The minimum atomic E-state index is 0. The lowest BCUT2D eigenvalue weighted by atomic mass is 10.1. The molecular formula is C13H20ClIN2O. The summed E-state index contributed by atoms with van der Waals surface area (Å²) in [5, 5.41) is 6.17. The van der Waals surface area contributed by atoms with Gasteiger partial charge in [0.15, 0.2) is 0 Å². The third-order valence-electron chi connectivity index (χ3n) is 2.53. The number of hydrogen-bond donors (Lipinski definition) is 2. The number of halogens is 2. The Bertz CT molecular complexity index is 385. The van der Waals surface area contributed by atoms with Gasteiger partial charge in [0.1, 0.15) is 0 Å². The normalized spacial score (nSPS) is 9.72. The third-order valence-corrected chi connectivity index (χ3v) is 3.70. The van der Waals surface area contributed by atoms with E-state index in [0.29, 0.717) is 6.54 Å². The summed E-state index contributed by atoms with van der Waals surface area (Å²) in [5.41, 5.74) is 1.82. The van der Waals surface area contributed by atoms with Gasteiger partial charge in [-0.3, -0.25) is 4.79 Å². The first kappa shape index (κ1) is 17.7. The Morgan fingerprint density at radius 2 is 2.00 bits per heavy atom. The second-order valence-corrected chi connectivity index (χ2v) is 5.08. The van der Waals surface area contributed by atoms with Crippen LogP contribution in [0.5, 0.6) is 0 Å². The van der Waals surface area contributed by atoms with E-state index in [2.05, 4.69) is 40.1 Å². The van der Waals surface area contributed by atoms with Crippen molar-refractivity contribution < 1.29 is 4.79 Å². The molecule has 0 fully saturated rings. The molecular weight excluding hydrogens is 363 g/mol. The lowest BCUT2D eigenvalue weighted by molar-refractivity contribution is 0.0953. The molecule has 1 amide bonds. The van der Waals surface area contributed by atoms with Crippen LogP contribution >= 0.6 is 35.0 Å². The van der Waals surface area contributed by atoms with Crippen molar-refractivity contribution in [2.75, 3.05) is 19.6 Å². The Morgan fingerprint density at radius 1 is 1.28 bits per heavy atom. The van der Waals surface area contributed by atoms with Gasteiger partial charge in [-0.15, -0.1) is 12.4 Å². The van der Waals surface area contributed by atoms with Crippen molar-refractivity contribution in [3.63, 3.8) is 0 Å². The zero-order valence-corrected chi connectivity index (χ0v) is 13.7. The minimum Gasteiger partial charge on any atom is -0.351 e. The van der Waals surface area contributed by atoms with Gasteiger partial charge in [-0.2, -0.15) is 0 Å². The molecule has 102 valence electrons. The van der Waals surface area contributed by atoms with Crippen LogP contribution < -0.4 is 10.6 Å². The van der Waals surface area contributed by atoms with E-state index in [1.54, 1.807) is 0 Å². The molecule has 18 heavy (non-hydrogen) atoms. The number of rotatable bonds is 6. The highest BCUT2D eigenvalue weighted by molar-refractivity contribution is 14.1. The monoisotopic (exact) mass is 382 g/mol. The Hall–Kier alpha value is -0.330. The average Bonchev–Trinajstić information content (AvgIpc) is 2.32. The molecule has 1 aromatic rings. The van der Waals surface area contributed by atoms with E-state index in [4.69, 9.17) is 0 Å². The number of amides is 1.